The Morgan fingerprint density at radius 3 is 2.65 bits per heavy atom. The molecule has 14 heteroatoms. The third-order valence-corrected chi connectivity index (χ3v) is 6.36. The molecule has 0 spiro atoms. The number of amides is 1. The average molecular weight is 595 g/mol. The predicted molar refractivity (Wildman–Crippen MR) is 149 cm³/mol. The first-order chi connectivity index (χ1) is 20.6. The predicted octanol–water partition coefficient (Wildman–Crippen LogP) is 5.15. The molecule has 1 amide bonds. The van der Waals surface area contributed by atoms with Crippen molar-refractivity contribution in [1.82, 2.24) is 30.2 Å². The fraction of sp³-hybridized carbons (Fsp3) is 0.379. The Labute approximate surface area is 246 Å². The molecule has 226 valence electrons. The number of hydrogen-bond acceptors (Lipinski definition) is 10. The molecule has 4 heterocycles. The number of carbonyl (C=O) groups excluding carboxylic acids is 1. The summed E-state index contributed by atoms with van der Waals surface area (Å²) in [6.45, 7) is 5.65. The van der Waals surface area contributed by atoms with E-state index in [1.54, 1.807) is 62.0 Å². The lowest BCUT2D eigenvalue weighted by atomic mass is 10.1. The minimum atomic E-state index is -1.34. The van der Waals surface area contributed by atoms with Gasteiger partial charge in [-0.2, -0.15) is 10.1 Å². The summed E-state index contributed by atoms with van der Waals surface area (Å²) in [6, 6.07) is 8.22. The SMILES string of the molecule is CC(C)(C)OC(=O)NC(Cc1nc(-c2ccc(Oc3ncc(-c4ccnn4C4CCCCO4)cc3F)cc2)no1)C(=O)O. The van der Waals surface area contributed by atoms with E-state index < -0.39 is 29.5 Å². The second kappa shape index (κ2) is 12.6. The number of carboxylic acid groups (broad SMARTS) is 1. The highest BCUT2D eigenvalue weighted by Crippen LogP contribution is 2.31. The molecular formula is C29H31FN6O7. The normalized spacial score (nSPS) is 16.0. The number of aliphatic carboxylic acids is 1. The Bertz CT molecular complexity index is 1570. The molecule has 1 aliphatic heterocycles. The highest BCUT2D eigenvalue weighted by molar-refractivity contribution is 5.80. The van der Waals surface area contributed by atoms with Crippen LogP contribution in [-0.2, 0) is 20.7 Å². The molecular weight excluding hydrogens is 563 g/mol. The van der Waals surface area contributed by atoms with Crippen molar-refractivity contribution in [2.45, 2.75) is 64.3 Å². The lowest BCUT2D eigenvalue weighted by molar-refractivity contribution is -0.139. The van der Waals surface area contributed by atoms with Gasteiger partial charge in [0.15, 0.2) is 12.0 Å². The highest BCUT2D eigenvalue weighted by atomic mass is 19.1. The Kier molecular flexibility index (Phi) is 8.66. The van der Waals surface area contributed by atoms with Gasteiger partial charge in [-0.15, -0.1) is 0 Å². The van der Waals surface area contributed by atoms with Crippen LogP contribution in [0.4, 0.5) is 9.18 Å². The van der Waals surface area contributed by atoms with Crippen molar-refractivity contribution in [3.8, 4) is 34.3 Å². The van der Waals surface area contributed by atoms with E-state index in [4.69, 9.17) is 18.7 Å². The smallest absolute Gasteiger partial charge is 0.408 e. The van der Waals surface area contributed by atoms with Crippen LogP contribution in [0, 0.1) is 5.82 Å². The van der Waals surface area contributed by atoms with Crippen LogP contribution < -0.4 is 10.1 Å². The summed E-state index contributed by atoms with van der Waals surface area (Å²) in [6.07, 6.45) is 4.72. The highest BCUT2D eigenvalue weighted by Gasteiger charge is 2.27. The molecule has 1 fully saturated rings. The van der Waals surface area contributed by atoms with Crippen LogP contribution in [0.25, 0.3) is 22.6 Å². The van der Waals surface area contributed by atoms with Crippen molar-refractivity contribution in [1.29, 1.82) is 0 Å². The quantitative estimate of drug-likeness (QED) is 0.263. The number of halogens is 1. The fourth-order valence-electron chi connectivity index (χ4n) is 4.39. The second-order valence-electron chi connectivity index (χ2n) is 10.9. The van der Waals surface area contributed by atoms with Crippen molar-refractivity contribution in [2.24, 2.45) is 0 Å². The van der Waals surface area contributed by atoms with Crippen molar-refractivity contribution in [2.75, 3.05) is 6.61 Å². The van der Waals surface area contributed by atoms with Crippen molar-refractivity contribution >= 4 is 12.1 Å². The first kappa shape index (κ1) is 29.6. The largest absolute Gasteiger partial charge is 0.480 e. The summed E-state index contributed by atoms with van der Waals surface area (Å²) in [5, 5.41) is 20.0. The number of carboxylic acids is 1. The van der Waals surface area contributed by atoms with Gasteiger partial charge in [0, 0.05) is 30.1 Å². The molecule has 43 heavy (non-hydrogen) atoms. The van der Waals surface area contributed by atoms with Gasteiger partial charge in [0.25, 0.3) is 5.88 Å². The Morgan fingerprint density at radius 1 is 1.19 bits per heavy atom. The number of nitrogens with one attached hydrogen (secondary N) is 1. The molecule has 5 rings (SSSR count). The molecule has 0 bridgehead atoms. The zero-order valence-electron chi connectivity index (χ0n) is 23.8. The number of ether oxygens (including phenoxy) is 3. The number of rotatable bonds is 9. The molecule has 1 saturated heterocycles. The minimum absolute atomic E-state index is 0.00142. The van der Waals surface area contributed by atoms with Crippen LogP contribution in [-0.4, -0.2) is 60.3 Å². The van der Waals surface area contributed by atoms with Gasteiger partial charge in [-0.3, -0.25) is 0 Å². The number of benzene rings is 1. The molecule has 3 aromatic heterocycles. The molecule has 1 aliphatic rings. The van der Waals surface area contributed by atoms with Gasteiger partial charge in [0.1, 0.15) is 17.4 Å². The summed E-state index contributed by atoms with van der Waals surface area (Å²) in [5.74, 6) is -1.62. The van der Waals surface area contributed by atoms with E-state index in [9.17, 15) is 14.7 Å². The summed E-state index contributed by atoms with van der Waals surface area (Å²) < 4.78 is 38.5. The summed E-state index contributed by atoms with van der Waals surface area (Å²) in [5.41, 5.74) is 0.993. The molecule has 0 radical (unpaired) electrons. The summed E-state index contributed by atoms with van der Waals surface area (Å²) in [4.78, 5) is 32.0. The van der Waals surface area contributed by atoms with Crippen LogP contribution in [0.2, 0.25) is 0 Å². The van der Waals surface area contributed by atoms with Crippen molar-refractivity contribution < 1.29 is 37.8 Å². The van der Waals surface area contributed by atoms with Crippen LogP contribution in [0.3, 0.4) is 0 Å². The molecule has 2 unspecified atom stereocenters. The van der Waals surface area contributed by atoms with Gasteiger partial charge in [-0.1, -0.05) is 5.16 Å². The van der Waals surface area contributed by atoms with Gasteiger partial charge in [-0.05, 0) is 76.4 Å². The van der Waals surface area contributed by atoms with Crippen molar-refractivity contribution in [3.05, 3.63) is 60.5 Å². The maximum atomic E-state index is 15.0. The van der Waals surface area contributed by atoms with E-state index in [0.29, 0.717) is 29.2 Å². The second-order valence-corrected chi connectivity index (χ2v) is 10.9. The molecule has 0 aliphatic carbocycles. The van der Waals surface area contributed by atoms with E-state index in [1.165, 1.54) is 12.3 Å². The van der Waals surface area contributed by atoms with Gasteiger partial charge in [0.05, 0.1) is 12.1 Å². The zero-order chi connectivity index (χ0) is 30.6. The van der Waals surface area contributed by atoms with Gasteiger partial charge in [0.2, 0.25) is 11.7 Å². The number of hydrogen-bond donors (Lipinski definition) is 2. The van der Waals surface area contributed by atoms with Gasteiger partial charge in [-0.25, -0.2) is 23.6 Å². The third-order valence-electron chi connectivity index (χ3n) is 6.36. The Hall–Kier alpha value is -4.85. The molecule has 2 atom stereocenters. The first-order valence-electron chi connectivity index (χ1n) is 13.7. The van der Waals surface area contributed by atoms with Crippen LogP contribution >= 0.6 is 0 Å². The van der Waals surface area contributed by atoms with E-state index >= 15 is 4.39 Å². The van der Waals surface area contributed by atoms with Gasteiger partial charge < -0.3 is 29.2 Å². The maximum absolute atomic E-state index is 15.0. The lowest BCUT2D eigenvalue weighted by Crippen LogP contribution is -2.44. The topological polar surface area (TPSA) is 164 Å². The average Bonchev–Trinajstić information content (AvgIpc) is 3.64. The summed E-state index contributed by atoms with van der Waals surface area (Å²) in [7, 11) is 0. The Balaban J connectivity index is 1.22. The maximum Gasteiger partial charge on any atom is 0.408 e. The van der Waals surface area contributed by atoms with E-state index in [2.05, 4.69) is 25.5 Å². The number of alkyl carbamates (subject to hydrolysis) is 1. The third kappa shape index (κ3) is 7.52. The van der Waals surface area contributed by atoms with Crippen LogP contribution in [0.5, 0.6) is 11.6 Å². The molecule has 2 N–H and O–H groups in total. The fourth-order valence-corrected chi connectivity index (χ4v) is 4.39. The standard InChI is InChI=1S/C29H31FN6O7/c1-29(2,3)42-28(39)33-21(27(37)38)15-23-34-25(35-43-23)17-7-9-19(10-8-17)41-26-20(30)14-18(16-31-26)22-11-12-32-36(22)24-6-4-5-13-40-24/h7-12,14,16,21,24H,4-6,13,15H2,1-3H3,(H,33,39)(H,37,38). The van der Waals surface area contributed by atoms with E-state index in [1.807, 2.05) is 0 Å². The van der Waals surface area contributed by atoms with Crippen LogP contribution in [0.1, 0.15) is 52.2 Å². The number of carbonyl (C=O) groups is 2. The molecule has 1 aromatic carbocycles. The number of nitrogens with zero attached hydrogens (tertiary/aromatic N) is 5. The first-order valence-corrected chi connectivity index (χ1v) is 13.7. The van der Waals surface area contributed by atoms with Crippen molar-refractivity contribution in [3.63, 3.8) is 0 Å². The monoisotopic (exact) mass is 594 g/mol. The van der Waals surface area contributed by atoms with E-state index in [0.717, 1.165) is 19.3 Å². The molecule has 0 saturated carbocycles. The Morgan fingerprint density at radius 2 is 1.98 bits per heavy atom. The van der Waals surface area contributed by atoms with Gasteiger partial charge >= 0.3 is 12.1 Å². The zero-order valence-corrected chi connectivity index (χ0v) is 23.8. The number of aromatic nitrogens is 5. The molecule has 13 nitrogen and oxygen atoms in total. The molecule has 4 aromatic rings. The summed E-state index contributed by atoms with van der Waals surface area (Å²) >= 11 is 0. The van der Waals surface area contributed by atoms with Crippen LogP contribution in [0.15, 0.2) is 53.3 Å². The number of pyridine rings is 1. The van der Waals surface area contributed by atoms with E-state index in [-0.39, 0.29) is 30.2 Å². The minimum Gasteiger partial charge on any atom is -0.480 e. The lowest BCUT2D eigenvalue weighted by Gasteiger charge is -2.24.